The van der Waals surface area contributed by atoms with Gasteiger partial charge in [0, 0.05) is 7.05 Å². The van der Waals surface area contributed by atoms with Gasteiger partial charge in [0.1, 0.15) is 11.5 Å². The number of para-hydroxylation sites is 1. The molecule has 2 aromatic carbocycles. The summed E-state index contributed by atoms with van der Waals surface area (Å²) in [4.78, 5) is 13.0. The fourth-order valence-electron chi connectivity index (χ4n) is 3.63. The maximum atomic E-state index is 13.6. The van der Waals surface area contributed by atoms with E-state index in [2.05, 4.69) is 5.32 Å². The number of aryl methyl sites for hydroxylation is 1. The molecule has 3 aromatic rings. The first-order valence-electron chi connectivity index (χ1n) is 8.45. The van der Waals surface area contributed by atoms with Crippen LogP contribution in [0.1, 0.15) is 29.3 Å². The Morgan fingerprint density at radius 3 is 2.68 bits per heavy atom. The average molecular weight is 337 g/mol. The molecule has 1 aliphatic carbocycles. The summed E-state index contributed by atoms with van der Waals surface area (Å²) in [5.41, 5.74) is 4.28. The zero-order valence-electron chi connectivity index (χ0n) is 14.3. The predicted molar refractivity (Wildman–Crippen MR) is 96.8 cm³/mol. The minimum absolute atomic E-state index is 0.0382. The minimum Gasteiger partial charge on any atom is -0.372 e. The number of rotatable bonds is 3. The Bertz CT molecular complexity index is 988. The van der Waals surface area contributed by atoms with Gasteiger partial charge in [0.15, 0.2) is 0 Å². The van der Waals surface area contributed by atoms with Gasteiger partial charge in [-0.15, -0.1) is 0 Å². The van der Waals surface area contributed by atoms with Crippen molar-refractivity contribution in [2.45, 2.75) is 25.8 Å². The monoisotopic (exact) mass is 337 g/mol. The Labute approximate surface area is 145 Å². The summed E-state index contributed by atoms with van der Waals surface area (Å²) in [7, 11) is 1.87. The molecule has 0 saturated carbocycles. The number of nitrogens with zero attached hydrogens (tertiary/aromatic N) is 2. The molecule has 4 nitrogen and oxygen atoms in total. The summed E-state index contributed by atoms with van der Waals surface area (Å²) in [5.74, 6) is -0.237. The van der Waals surface area contributed by atoms with Gasteiger partial charge in [0.05, 0.1) is 17.4 Å². The molecule has 25 heavy (non-hydrogen) atoms. The van der Waals surface area contributed by atoms with Gasteiger partial charge in [-0.3, -0.25) is 9.48 Å². The van der Waals surface area contributed by atoms with Crippen LogP contribution in [0.2, 0.25) is 0 Å². The quantitative estimate of drug-likeness (QED) is 0.791. The third-order valence-corrected chi connectivity index (χ3v) is 5.06. The number of anilines is 1. The molecule has 0 fully saturated rings. The molecule has 1 aliphatic rings. The van der Waals surface area contributed by atoms with Gasteiger partial charge in [0.2, 0.25) is 0 Å². The number of fused-ring (bicyclic) bond motifs is 1. The van der Waals surface area contributed by atoms with E-state index >= 15 is 0 Å². The summed E-state index contributed by atoms with van der Waals surface area (Å²) >= 11 is 0. The van der Waals surface area contributed by atoms with Crippen LogP contribution >= 0.6 is 0 Å². The average Bonchev–Trinajstić information content (AvgIpc) is 3.10. The predicted octanol–water partition coefficient (Wildman–Crippen LogP) is 3.72. The van der Waals surface area contributed by atoms with Crippen molar-refractivity contribution in [3.63, 3.8) is 0 Å². The van der Waals surface area contributed by atoms with Crippen molar-refractivity contribution < 1.29 is 4.39 Å². The molecule has 1 atom stereocenters. The Kier molecular flexibility index (Phi) is 3.71. The molecule has 0 bridgehead atoms. The van der Waals surface area contributed by atoms with Crippen LogP contribution in [0.25, 0.3) is 5.69 Å². The second-order valence-corrected chi connectivity index (χ2v) is 6.52. The number of aromatic nitrogens is 2. The van der Waals surface area contributed by atoms with Crippen molar-refractivity contribution in [3.8, 4) is 5.69 Å². The fraction of sp³-hybridized carbons (Fsp3) is 0.250. The lowest BCUT2D eigenvalue weighted by atomic mass is 10.1. The van der Waals surface area contributed by atoms with E-state index in [1.165, 1.54) is 6.07 Å². The maximum Gasteiger partial charge on any atom is 0.295 e. The smallest absolute Gasteiger partial charge is 0.295 e. The van der Waals surface area contributed by atoms with Gasteiger partial charge in [0.25, 0.3) is 5.56 Å². The van der Waals surface area contributed by atoms with E-state index in [1.807, 2.05) is 55.1 Å². The van der Waals surface area contributed by atoms with Crippen molar-refractivity contribution in [1.29, 1.82) is 0 Å². The van der Waals surface area contributed by atoms with E-state index in [0.717, 1.165) is 35.3 Å². The molecule has 4 rings (SSSR count). The highest BCUT2D eigenvalue weighted by molar-refractivity contribution is 5.52. The lowest BCUT2D eigenvalue weighted by molar-refractivity contribution is 0.624. The zero-order chi connectivity index (χ0) is 17.6. The number of nitrogens with one attached hydrogen (secondary N) is 1. The van der Waals surface area contributed by atoms with Crippen LogP contribution in [-0.2, 0) is 13.5 Å². The van der Waals surface area contributed by atoms with Crippen molar-refractivity contribution in [1.82, 2.24) is 9.36 Å². The Morgan fingerprint density at radius 1 is 1.16 bits per heavy atom. The summed E-state index contributed by atoms with van der Waals surface area (Å²) in [6.07, 6.45) is 1.75. The second kappa shape index (κ2) is 5.92. The van der Waals surface area contributed by atoms with Crippen LogP contribution in [-0.4, -0.2) is 9.36 Å². The van der Waals surface area contributed by atoms with Crippen molar-refractivity contribution >= 4 is 5.69 Å². The van der Waals surface area contributed by atoms with E-state index in [4.69, 9.17) is 0 Å². The lowest BCUT2D eigenvalue weighted by Crippen LogP contribution is -2.21. The Balaban J connectivity index is 1.74. The summed E-state index contributed by atoms with van der Waals surface area (Å²) < 4.78 is 17.1. The fourth-order valence-corrected chi connectivity index (χ4v) is 3.63. The third kappa shape index (κ3) is 2.56. The first-order chi connectivity index (χ1) is 12.1. The largest absolute Gasteiger partial charge is 0.372 e. The van der Waals surface area contributed by atoms with Gasteiger partial charge in [-0.2, -0.15) is 0 Å². The van der Waals surface area contributed by atoms with E-state index in [0.29, 0.717) is 5.69 Å². The number of hydrogen-bond acceptors (Lipinski definition) is 2. The van der Waals surface area contributed by atoms with Gasteiger partial charge in [-0.25, -0.2) is 9.07 Å². The topological polar surface area (TPSA) is 39.0 Å². The molecule has 128 valence electrons. The van der Waals surface area contributed by atoms with Crippen molar-refractivity contribution in [2.75, 3.05) is 5.32 Å². The van der Waals surface area contributed by atoms with Gasteiger partial charge < -0.3 is 5.32 Å². The molecule has 0 unspecified atom stereocenters. The molecule has 1 heterocycles. The van der Waals surface area contributed by atoms with Crippen LogP contribution < -0.4 is 10.9 Å². The summed E-state index contributed by atoms with van der Waals surface area (Å²) in [6, 6.07) is 14.4. The molecule has 0 saturated heterocycles. The molecule has 0 aliphatic heterocycles. The van der Waals surface area contributed by atoms with E-state index in [1.54, 1.807) is 10.7 Å². The van der Waals surface area contributed by atoms with Gasteiger partial charge in [-0.1, -0.05) is 24.3 Å². The lowest BCUT2D eigenvalue weighted by Gasteiger charge is -2.14. The van der Waals surface area contributed by atoms with Crippen molar-refractivity contribution in [3.05, 3.63) is 81.5 Å². The Morgan fingerprint density at radius 2 is 1.92 bits per heavy atom. The van der Waals surface area contributed by atoms with E-state index < -0.39 is 0 Å². The first kappa shape index (κ1) is 15.7. The van der Waals surface area contributed by atoms with E-state index in [9.17, 15) is 9.18 Å². The summed E-state index contributed by atoms with van der Waals surface area (Å²) in [5, 5.41) is 3.37. The number of halogens is 1. The van der Waals surface area contributed by atoms with E-state index in [-0.39, 0.29) is 17.4 Å². The third-order valence-electron chi connectivity index (χ3n) is 5.06. The van der Waals surface area contributed by atoms with Crippen LogP contribution in [0.4, 0.5) is 10.1 Å². The zero-order valence-corrected chi connectivity index (χ0v) is 14.3. The number of benzene rings is 2. The van der Waals surface area contributed by atoms with Gasteiger partial charge >= 0.3 is 0 Å². The molecule has 5 heteroatoms. The SMILES string of the molecule is Cc1c(N[C@@H]2CCc3ccc(F)cc32)c(=O)n(-c2ccccc2)n1C. The highest BCUT2D eigenvalue weighted by Crippen LogP contribution is 2.34. The second-order valence-electron chi connectivity index (χ2n) is 6.52. The van der Waals surface area contributed by atoms with Crippen LogP contribution in [0.15, 0.2) is 53.3 Å². The standard InChI is InChI=1S/C20H20FN3O/c1-13-19(20(25)24(23(13)2)16-6-4-3-5-7-16)22-18-11-9-14-8-10-15(21)12-17(14)18/h3-8,10,12,18,22H,9,11H2,1-2H3/t18-/m1/s1. The molecular weight excluding hydrogens is 317 g/mol. The highest BCUT2D eigenvalue weighted by Gasteiger charge is 2.26. The highest BCUT2D eigenvalue weighted by atomic mass is 19.1. The molecular formula is C20H20FN3O. The maximum absolute atomic E-state index is 13.6. The Hall–Kier alpha value is -2.82. The van der Waals surface area contributed by atoms with Crippen LogP contribution in [0.3, 0.4) is 0 Å². The summed E-state index contributed by atoms with van der Waals surface area (Å²) in [6.45, 7) is 1.92. The minimum atomic E-state index is -0.237. The molecule has 0 radical (unpaired) electrons. The van der Waals surface area contributed by atoms with Crippen LogP contribution in [0, 0.1) is 12.7 Å². The van der Waals surface area contributed by atoms with Gasteiger partial charge in [-0.05, 0) is 55.2 Å². The molecule has 1 aromatic heterocycles. The van der Waals surface area contributed by atoms with Crippen LogP contribution in [0.5, 0.6) is 0 Å². The molecule has 1 N–H and O–H groups in total. The number of hydrogen-bond donors (Lipinski definition) is 1. The molecule has 0 spiro atoms. The normalized spacial score (nSPS) is 16.0. The first-order valence-corrected chi connectivity index (χ1v) is 8.45. The van der Waals surface area contributed by atoms with Crippen molar-refractivity contribution in [2.24, 2.45) is 7.05 Å². The molecule has 0 amide bonds.